The first-order valence-electron chi connectivity index (χ1n) is 6.34. The highest BCUT2D eigenvalue weighted by atomic mass is 32.2. The molecule has 0 aliphatic heterocycles. The van der Waals surface area contributed by atoms with E-state index in [2.05, 4.69) is 4.72 Å². The van der Waals surface area contributed by atoms with Gasteiger partial charge in [0, 0.05) is 5.69 Å². The molecule has 0 amide bonds. The van der Waals surface area contributed by atoms with Gasteiger partial charge in [-0.1, -0.05) is 18.2 Å². The first-order chi connectivity index (χ1) is 9.53. The quantitative estimate of drug-likeness (QED) is 0.920. The Morgan fingerprint density at radius 2 is 1.80 bits per heavy atom. The highest BCUT2D eigenvalue weighted by molar-refractivity contribution is 7.92. The number of ether oxygens (including phenoxy) is 1. The molecule has 0 unspecified atom stereocenters. The van der Waals surface area contributed by atoms with E-state index >= 15 is 0 Å². The molecule has 0 aromatic heterocycles. The lowest BCUT2D eigenvalue weighted by Gasteiger charge is -2.11. The molecule has 2 aromatic rings. The molecule has 2 rings (SSSR count). The summed E-state index contributed by atoms with van der Waals surface area (Å²) in [5.74, 6) is 0.670. The molecule has 0 radical (unpaired) electrons. The van der Waals surface area contributed by atoms with Crippen molar-refractivity contribution in [1.29, 1.82) is 0 Å². The molecule has 1 N–H and O–H groups in total. The van der Waals surface area contributed by atoms with Crippen LogP contribution in [0, 0.1) is 6.92 Å². The van der Waals surface area contributed by atoms with Crippen molar-refractivity contribution in [3.05, 3.63) is 54.1 Å². The van der Waals surface area contributed by atoms with Gasteiger partial charge in [-0.15, -0.1) is 0 Å². The van der Waals surface area contributed by atoms with Crippen molar-refractivity contribution < 1.29 is 13.2 Å². The molecule has 0 heterocycles. The van der Waals surface area contributed by atoms with E-state index in [0.717, 1.165) is 0 Å². The summed E-state index contributed by atoms with van der Waals surface area (Å²) in [6, 6.07) is 13.8. The van der Waals surface area contributed by atoms with Crippen LogP contribution in [0.15, 0.2) is 53.4 Å². The van der Waals surface area contributed by atoms with Crippen LogP contribution in [0.1, 0.15) is 12.5 Å². The molecule has 0 saturated carbocycles. The van der Waals surface area contributed by atoms with Crippen LogP contribution in [0.4, 0.5) is 5.69 Å². The highest BCUT2D eigenvalue weighted by Gasteiger charge is 2.17. The smallest absolute Gasteiger partial charge is 0.262 e. The normalized spacial score (nSPS) is 11.1. The molecule has 0 aliphatic carbocycles. The van der Waals surface area contributed by atoms with Gasteiger partial charge in [0.1, 0.15) is 5.75 Å². The molecule has 2 aromatic carbocycles. The largest absolute Gasteiger partial charge is 0.494 e. The Kier molecular flexibility index (Phi) is 4.29. The van der Waals surface area contributed by atoms with E-state index in [1.165, 1.54) is 0 Å². The van der Waals surface area contributed by atoms with E-state index in [4.69, 9.17) is 4.74 Å². The van der Waals surface area contributed by atoms with Gasteiger partial charge in [-0.3, -0.25) is 4.72 Å². The van der Waals surface area contributed by atoms with Crippen molar-refractivity contribution in [2.45, 2.75) is 18.7 Å². The SMILES string of the molecule is CCOc1ccc(S(=O)(=O)Nc2ccccc2)c(C)c1. The third-order valence-corrected chi connectivity index (χ3v) is 4.31. The van der Waals surface area contributed by atoms with Crippen LogP contribution in [-0.2, 0) is 10.0 Å². The molecule has 0 fully saturated rings. The zero-order chi connectivity index (χ0) is 14.6. The van der Waals surface area contributed by atoms with Crippen molar-refractivity contribution >= 4 is 15.7 Å². The van der Waals surface area contributed by atoms with Crippen LogP contribution in [0.2, 0.25) is 0 Å². The number of nitrogens with one attached hydrogen (secondary N) is 1. The summed E-state index contributed by atoms with van der Waals surface area (Å²) in [5, 5.41) is 0. The minimum Gasteiger partial charge on any atom is -0.494 e. The summed E-state index contributed by atoms with van der Waals surface area (Å²) in [4.78, 5) is 0.254. The molecule has 0 spiro atoms. The van der Waals surface area contributed by atoms with Gasteiger partial charge in [0.25, 0.3) is 10.0 Å². The summed E-state index contributed by atoms with van der Waals surface area (Å²) >= 11 is 0. The van der Waals surface area contributed by atoms with E-state index in [9.17, 15) is 8.42 Å². The van der Waals surface area contributed by atoms with Crippen LogP contribution >= 0.6 is 0 Å². The van der Waals surface area contributed by atoms with Gasteiger partial charge in [-0.2, -0.15) is 0 Å². The summed E-state index contributed by atoms with van der Waals surface area (Å²) in [7, 11) is -3.58. The molecule has 0 saturated heterocycles. The minimum atomic E-state index is -3.58. The van der Waals surface area contributed by atoms with Crippen LogP contribution in [-0.4, -0.2) is 15.0 Å². The number of aryl methyl sites for hydroxylation is 1. The third-order valence-electron chi connectivity index (χ3n) is 2.77. The van der Waals surface area contributed by atoms with Crippen molar-refractivity contribution in [2.75, 3.05) is 11.3 Å². The summed E-state index contributed by atoms with van der Waals surface area (Å²) in [6.45, 7) is 4.19. The Hall–Kier alpha value is -2.01. The molecule has 0 aliphatic rings. The number of hydrogen-bond acceptors (Lipinski definition) is 3. The monoisotopic (exact) mass is 291 g/mol. The average molecular weight is 291 g/mol. The number of hydrogen-bond donors (Lipinski definition) is 1. The Bertz CT molecular complexity index is 682. The number of benzene rings is 2. The van der Waals surface area contributed by atoms with Gasteiger partial charge in [-0.05, 0) is 49.7 Å². The lowest BCUT2D eigenvalue weighted by atomic mass is 10.2. The van der Waals surface area contributed by atoms with Gasteiger partial charge < -0.3 is 4.74 Å². The van der Waals surface area contributed by atoms with E-state index in [0.29, 0.717) is 23.6 Å². The maximum absolute atomic E-state index is 12.3. The molecule has 4 nitrogen and oxygen atoms in total. The van der Waals surface area contributed by atoms with Crippen molar-refractivity contribution in [2.24, 2.45) is 0 Å². The second-order valence-electron chi connectivity index (χ2n) is 4.33. The Morgan fingerprint density at radius 1 is 1.10 bits per heavy atom. The van der Waals surface area contributed by atoms with E-state index < -0.39 is 10.0 Å². The number of para-hydroxylation sites is 1. The molecule has 5 heteroatoms. The fraction of sp³-hybridized carbons (Fsp3) is 0.200. The molecular weight excluding hydrogens is 274 g/mol. The average Bonchev–Trinajstić information content (AvgIpc) is 2.39. The first kappa shape index (κ1) is 14.4. The van der Waals surface area contributed by atoms with Crippen molar-refractivity contribution in [3.8, 4) is 5.75 Å². The number of sulfonamides is 1. The fourth-order valence-corrected chi connectivity index (χ4v) is 3.18. The predicted molar refractivity (Wildman–Crippen MR) is 79.6 cm³/mol. The van der Waals surface area contributed by atoms with Crippen molar-refractivity contribution in [3.63, 3.8) is 0 Å². The second-order valence-corrected chi connectivity index (χ2v) is 5.98. The Labute approximate surface area is 119 Å². The van der Waals surface area contributed by atoms with E-state index in [-0.39, 0.29) is 4.90 Å². The number of anilines is 1. The zero-order valence-electron chi connectivity index (χ0n) is 11.5. The van der Waals surface area contributed by atoms with Crippen LogP contribution in [0.25, 0.3) is 0 Å². The molecule has 106 valence electrons. The topological polar surface area (TPSA) is 55.4 Å². The Morgan fingerprint density at radius 3 is 2.40 bits per heavy atom. The first-order valence-corrected chi connectivity index (χ1v) is 7.82. The van der Waals surface area contributed by atoms with Crippen LogP contribution < -0.4 is 9.46 Å². The second kappa shape index (κ2) is 5.96. The van der Waals surface area contributed by atoms with E-state index in [1.54, 1.807) is 49.4 Å². The minimum absolute atomic E-state index is 0.254. The molecule has 0 bridgehead atoms. The maximum Gasteiger partial charge on any atom is 0.262 e. The van der Waals surface area contributed by atoms with Crippen LogP contribution in [0.3, 0.4) is 0 Å². The zero-order valence-corrected chi connectivity index (χ0v) is 12.3. The van der Waals surface area contributed by atoms with Crippen molar-refractivity contribution in [1.82, 2.24) is 0 Å². The number of rotatable bonds is 5. The fourth-order valence-electron chi connectivity index (χ4n) is 1.90. The third kappa shape index (κ3) is 3.30. The highest BCUT2D eigenvalue weighted by Crippen LogP contribution is 2.23. The van der Waals surface area contributed by atoms with Gasteiger partial charge in [0.2, 0.25) is 0 Å². The predicted octanol–water partition coefficient (Wildman–Crippen LogP) is 3.19. The van der Waals surface area contributed by atoms with Gasteiger partial charge in [0.05, 0.1) is 11.5 Å². The lowest BCUT2D eigenvalue weighted by molar-refractivity contribution is 0.340. The summed E-state index contributed by atoms with van der Waals surface area (Å²) in [5.41, 5.74) is 1.19. The van der Waals surface area contributed by atoms with Gasteiger partial charge >= 0.3 is 0 Å². The molecule has 0 atom stereocenters. The van der Waals surface area contributed by atoms with Gasteiger partial charge in [-0.25, -0.2) is 8.42 Å². The maximum atomic E-state index is 12.3. The summed E-state index contributed by atoms with van der Waals surface area (Å²) < 4.78 is 32.6. The molecule has 20 heavy (non-hydrogen) atoms. The molecular formula is C15H17NO3S. The van der Waals surface area contributed by atoms with E-state index in [1.807, 2.05) is 13.0 Å². The lowest BCUT2D eigenvalue weighted by Crippen LogP contribution is -2.14. The standard InChI is InChI=1S/C15H17NO3S/c1-3-19-14-9-10-15(12(2)11-14)20(17,18)16-13-7-5-4-6-8-13/h4-11,16H,3H2,1-2H3. The summed E-state index contributed by atoms with van der Waals surface area (Å²) in [6.07, 6.45) is 0. The van der Waals surface area contributed by atoms with Gasteiger partial charge in [0.15, 0.2) is 0 Å². The van der Waals surface area contributed by atoms with Crippen LogP contribution in [0.5, 0.6) is 5.75 Å². The Balaban J connectivity index is 2.30.